The topological polar surface area (TPSA) is 66.4 Å². The van der Waals surface area contributed by atoms with Gasteiger partial charge in [0.15, 0.2) is 0 Å². The highest BCUT2D eigenvalue weighted by molar-refractivity contribution is 7.92. The molecule has 0 spiro atoms. The van der Waals surface area contributed by atoms with Gasteiger partial charge in [-0.1, -0.05) is 24.3 Å². The normalized spacial score (nSPS) is 11.1. The van der Waals surface area contributed by atoms with Gasteiger partial charge in [-0.05, 0) is 24.3 Å². The molecule has 17 heavy (non-hydrogen) atoms. The number of nitrogens with one attached hydrogen (secondary N) is 1. The Kier molecular flexibility index (Phi) is 3.01. The van der Waals surface area contributed by atoms with E-state index in [9.17, 15) is 13.5 Å². The van der Waals surface area contributed by atoms with E-state index in [-0.39, 0.29) is 10.6 Å². The molecule has 2 rings (SSSR count). The van der Waals surface area contributed by atoms with E-state index in [1.807, 2.05) is 0 Å². The predicted molar refractivity (Wildman–Crippen MR) is 65.4 cm³/mol. The Morgan fingerprint density at radius 2 is 1.65 bits per heavy atom. The Morgan fingerprint density at radius 1 is 0.941 bits per heavy atom. The maximum absolute atomic E-state index is 11.9. The maximum Gasteiger partial charge on any atom is 0.262 e. The minimum Gasteiger partial charge on any atom is -0.508 e. The molecule has 88 valence electrons. The van der Waals surface area contributed by atoms with Gasteiger partial charge in [0.25, 0.3) is 10.0 Å². The summed E-state index contributed by atoms with van der Waals surface area (Å²) < 4.78 is 26.3. The van der Waals surface area contributed by atoms with Crippen molar-refractivity contribution >= 4 is 15.7 Å². The average molecular weight is 249 g/mol. The third-order valence-corrected chi connectivity index (χ3v) is 3.53. The fraction of sp³-hybridized carbons (Fsp3) is 0. The molecule has 0 heterocycles. The molecule has 2 N–H and O–H groups in total. The summed E-state index contributed by atoms with van der Waals surface area (Å²) in [6.07, 6.45) is 0. The van der Waals surface area contributed by atoms with Gasteiger partial charge < -0.3 is 5.11 Å². The maximum atomic E-state index is 11.9. The zero-order valence-corrected chi connectivity index (χ0v) is 9.68. The number of para-hydroxylation sites is 1. The first-order chi connectivity index (χ1) is 8.08. The first-order valence-corrected chi connectivity index (χ1v) is 6.43. The molecule has 0 aliphatic rings. The summed E-state index contributed by atoms with van der Waals surface area (Å²) in [5, 5.41) is 9.25. The lowest BCUT2D eigenvalue weighted by Gasteiger charge is -2.07. The van der Waals surface area contributed by atoms with Crippen LogP contribution >= 0.6 is 0 Å². The number of sulfonamides is 1. The van der Waals surface area contributed by atoms with E-state index in [0.29, 0.717) is 5.69 Å². The van der Waals surface area contributed by atoms with Gasteiger partial charge in [0.05, 0.1) is 4.90 Å². The minimum absolute atomic E-state index is 0.0290. The van der Waals surface area contributed by atoms with Gasteiger partial charge in [-0.25, -0.2) is 8.42 Å². The van der Waals surface area contributed by atoms with Crippen molar-refractivity contribution in [3.63, 3.8) is 0 Å². The van der Waals surface area contributed by atoms with E-state index in [1.165, 1.54) is 24.3 Å². The van der Waals surface area contributed by atoms with Crippen LogP contribution in [-0.4, -0.2) is 13.5 Å². The average Bonchev–Trinajstić information content (AvgIpc) is 2.30. The van der Waals surface area contributed by atoms with E-state index in [0.717, 1.165) is 0 Å². The van der Waals surface area contributed by atoms with Crippen molar-refractivity contribution in [1.29, 1.82) is 0 Å². The van der Waals surface area contributed by atoms with E-state index in [2.05, 4.69) is 4.72 Å². The highest BCUT2D eigenvalue weighted by Crippen LogP contribution is 2.19. The molecular weight excluding hydrogens is 238 g/mol. The van der Waals surface area contributed by atoms with Crippen molar-refractivity contribution in [1.82, 2.24) is 0 Å². The number of phenolic OH excluding ortho intramolecular Hbond substituents is 1. The molecule has 4 nitrogen and oxygen atoms in total. The first-order valence-electron chi connectivity index (χ1n) is 4.95. The highest BCUT2D eigenvalue weighted by atomic mass is 32.2. The third-order valence-electron chi connectivity index (χ3n) is 2.15. The van der Waals surface area contributed by atoms with Crippen LogP contribution in [-0.2, 0) is 10.0 Å². The Morgan fingerprint density at radius 3 is 2.29 bits per heavy atom. The van der Waals surface area contributed by atoms with Crippen LogP contribution < -0.4 is 4.72 Å². The zero-order chi connectivity index (χ0) is 12.3. The third kappa shape index (κ3) is 2.76. The van der Waals surface area contributed by atoms with Gasteiger partial charge in [0, 0.05) is 11.8 Å². The standard InChI is InChI=1S/C12H11NO3S/c14-11-7-4-8-12(9-11)17(15,16)13-10-5-2-1-3-6-10/h1-9,13-14H. The number of anilines is 1. The van der Waals surface area contributed by atoms with Gasteiger partial charge in [-0.15, -0.1) is 0 Å². The second-order valence-corrected chi connectivity index (χ2v) is 5.15. The summed E-state index contributed by atoms with van der Waals surface area (Å²) in [7, 11) is -3.65. The van der Waals surface area contributed by atoms with Crippen LogP contribution in [0.25, 0.3) is 0 Å². The largest absolute Gasteiger partial charge is 0.508 e. The van der Waals surface area contributed by atoms with Gasteiger partial charge in [0.1, 0.15) is 5.75 Å². The molecule has 0 aliphatic carbocycles. The van der Waals surface area contributed by atoms with Crippen LogP contribution in [0.5, 0.6) is 5.75 Å². The van der Waals surface area contributed by atoms with Crippen molar-refractivity contribution in [3.05, 3.63) is 54.6 Å². The molecule has 0 aliphatic heterocycles. The smallest absolute Gasteiger partial charge is 0.262 e. The molecule has 0 atom stereocenters. The Labute approximate surface area is 99.6 Å². The van der Waals surface area contributed by atoms with Crippen molar-refractivity contribution < 1.29 is 13.5 Å². The predicted octanol–water partition coefficient (Wildman–Crippen LogP) is 2.19. The fourth-order valence-corrected chi connectivity index (χ4v) is 2.47. The van der Waals surface area contributed by atoms with Crippen LogP contribution in [0.1, 0.15) is 0 Å². The van der Waals surface area contributed by atoms with Crippen LogP contribution in [0.2, 0.25) is 0 Å². The van der Waals surface area contributed by atoms with Gasteiger partial charge >= 0.3 is 0 Å². The second-order valence-electron chi connectivity index (χ2n) is 3.47. The molecule has 0 bridgehead atoms. The van der Waals surface area contributed by atoms with Gasteiger partial charge in [-0.3, -0.25) is 4.72 Å². The van der Waals surface area contributed by atoms with E-state index in [4.69, 9.17) is 0 Å². The lowest BCUT2D eigenvalue weighted by atomic mass is 10.3. The summed E-state index contributed by atoms with van der Waals surface area (Å²) in [4.78, 5) is 0.0290. The van der Waals surface area contributed by atoms with E-state index in [1.54, 1.807) is 30.3 Å². The summed E-state index contributed by atoms with van der Waals surface area (Å²) in [6, 6.07) is 14.1. The SMILES string of the molecule is O=S(=O)(Nc1ccccc1)c1cccc(O)c1. The van der Waals surface area contributed by atoms with E-state index < -0.39 is 10.0 Å². The Balaban J connectivity index is 2.32. The molecule has 2 aromatic carbocycles. The highest BCUT2D eigenvalue weighted by Gasteiger charge is 2.14. The quantitative estimate of drug-likeness (QED) is 0.876. The monoisotopic (exact) mass is 249 g/mol. The summed E-state index contributed by atoms with van der Waals surface area (Å²) >= 11 is 0. The van der Waals surface area contributed by atoms with Gasteiger partial charge in [0.2, 0.25) is 0 Å². The summed E-state index contributed by atoms with van der Waals surface area (Å²) in [5.74, 6) is -0.0825. The molecule has 0 amide bonds. The van der Waals surface area contributed by atoms with Crippen molar-refractivity contribution in [3.8, 4) is 5.75 Å². The molecule has 0 aromatic heterocycles. The number of aromatic hydroxyl groups is 1. The summed E-state index contributed by atoms with van der Waals surface area (Å²) in [6.45, 7) is 0. The number of benzene rings is 2. The lowest BCUT2D eigenvalue weighted by Crippen LogP contribution is -2.12. The molecule has 5 heteroatoms. The van der Waals surface area contributed by atoms with Crippen molar-refractivity contribution in [2.45, 2.75) is 4.90 Å². The number of phenols is 1. The fourth-order valence-electron chi connectivity index (χ4n) is 1.37. The van der Waals surface area contributed by atoms with Crippen molar-refractivity contribution in [2.24, 2.45) is 0 Å². The zero-order valence-electron chi connectivity index (χ0n) is 8.87. The van der Waals surface area contributed by atoms with Crippen LogP contribution in [0.15, 0.2) is 59.5 Å². The molecule has 0 radical (unpaired) electrons. The lowest BCUT2D eigenvalue weighted by molar-refractivity contribution is 0.473. The Hall–Kier alpha value is -2.01. The molecule has 0 saturated carbocycles. The van der Waals surface area contributed by atoms with Gasteiger partial charge in [-0.2, -0.15) is 0 Å². The van der Waals surface area contributed by atoms with Crippen LogP contribution in [0, 0.1) is 0 Å². The minimum atomic E-state index is -3.65. The molecule has 2 aromatic rings. The molecule has 0 fully saturated rings. The molecule has 0 unspecified atom stereocenters. The van der Waals surface area contributed by atoms with E-state index >= 15 is 0 Å². The van der Waals surface area contributed by atoms with Crippen LogP contribution in [0.3, 0.4) is 0 Å². The molecular formula is C12H11NO3S. The molecule has 0 saturated heterocycles. The second kappa shape index (κ2) is 4.47. The first kappa shape index (κ1) is 11.5. The Bertz CT molecular complexity index is 609. The number of hydrogen-bond acceptors (Lipinski definition) is 3. The summed E-state index contributed by atoms with van der Waals surface area (Å²) in [5.41, 5.74) is 0.482. The number of hydrogen-bond donors (Lipinski definition) is 2. The van der Waals surface area contributed by atoms with Crippen molar-refractivity contribution in [2.75, 3.05) is 4.72 Å². The van der Waals surface area contributed by atoms with Crippen LogP contribution in [0.4, 0.5) is 5.69 Å². The number of rotatable bonds is 3.